The fourth-order valence-electron chi connectivity index (χ4n) is 2.95. The van der Waals surface area contributed by atoms with E-state index in [2.05, 4.69) is 33.9 Å². The molecule has 150 valence electrons. The van der Waals surface area contributed by atoms with Gasteiger partial charge in [0.25, 0.3) is 0 Å². The number of carbonyl (C=O) groups excluding carboxylic acids is 2. The van der Waals surface area contributed by atoms with E-state index in [0.29, 0.717) is 11.4 Å². The molecule has 0 aliphatic carbocycles. The van der Waals surface area contributed by atoms with Gasteiger partial charge in [0.1, 0.15) is 11.7 Å². The lowest BCUT2D eigenvalue weighted by atomic mass is 9.89. The Balaban J connectivity index is 2.23. The molecule has 1 aromatic carbocycles. The summed E-state index contributed by atoms with van der Waals surface area (Å²) in [4.78, 5) is 26.1. The van der Waals surface area contributed by atoms with Gasteiger partial charge in [-0.1, -0.05) is 20.8 Å². The van der Waals surface area contributed by atoms with Crippen LogP contribution in [0.2, 0.25) is 18.1 Å². The van der Waals surface area contributed by atoms with Crippen LogP contribution < -0.4 is 9.64 Å². The van der Waals surface area contributed by atoms with E-state index >= 15 is 0 Å². The summed E-state index contributed by atoms with van der Waals surface area (Å²) in [6.45, 7) is 14.0. The summed E-state index contributed by atoms with van der Waals surface area (Å²) in [5.74, 6) is -0.333. The monoisotopic (exact) mass is 393 g/mol. The maximum atomic E-state index is 12.9. The number of hydrogen-bond donors (Lipinski definition) is 0. The van der Waals surface area contributed by atoms with Crippen molar-refractivity contribution in [3.63, 3.8) is 0 Å². The normalized spacial score (nSPS) is 21.5. The number of ether oxygens (including phenoxy) is 2. The minimum Gasteiger partial charge on any atom is -0.497 e. The van der Waals surface area contributed by atoms with Crippen LogP contribution in [0.1, 0.15) is 34.6 Å². The average molecular weight is 394 g/mol. The SMILES string of the molecule is COc1ccc(N2C(=O)[C@H]([C@@H](C)O[Si](C)(C)C(C)(C)C)[C@@H]2OC(C)=O)cc1. The highest BCUT2D eigenvalue weighted by Crippen LogP contribution is 2.42. The van der Waals surface area contributed by atoms with Crippen molar-refractivity contribution in [2.75, 3.05) is 12.0 Å². The van der Waals surface area contributed by atoms with E-state index in [-0.39, 0.29) is 17.0 Å². The molecule has 0 spiro atoms. The zero-order valence-corrected chi connectivity index (χ0v) is 18.5. The molecule has 1 saturated heterocycles. The summed E-state index contributed by atoms with van der Waals surface area (Å²) in [5.41, 5.74) is 0.669. The first-order chi connectivity index (χ1) is 12.4. The van der Waals surface area contributed by atoms with Gasteiger partial charge in [0.2, 0.25) is 5.91 Å². The number of esters is 1. The number of hydrogen-bond acceptors (Lipinski definition) is 5. The quantitative estimate of drug-likeness (QED) is 0.416. The van der Waals surface area contributed by atoms with Gasteiger partial charge < -0.3 is 13.9 Å². The number of anilines is 1. The Hall–Kier alpha value is -1.86. The van der Waals surface area contributed by atoms with Gasteiger partial charge >= 0.3 is 5.97 Å². The minimum absolute atomic E-state index is 0.0284. The Morgan fingerprint density at radius 2 is 1.74 bits per heavy atom. The molecular weight excluding hydrogens is 362 g/mol. The van der Waals surface area contributed by atoms with Crippen LogP contribution in [-0.2, 0) is 18.8 Å². The van der Waals surface area contributed by atoms with E-state index in [9.17, 15) is 9.59 Å². The summed E-state index contributed by atoms with van der Waals surface area (Å²) >= 11 is 0. The molecule has 0 aromatic heterocycles. The number of carbonyl (C=O) groups is 2. The van der Waals surface area contributed by atoms with E-state index in [4.69, 9.17) is 13.9 Å². The summed E-state index contributed by atoms with van der Waals surface area (Å²) in [6.07, 6.45) is -1.000. The fraction of sp³-hybridized carbons (Fsp3) is 0.600. The highest BCUT2D eigenvalue weighted by molar-refractivity contribution is 6.74. The molecule has 1 aliphatic rings. The number of amides is 1. The zero-order valence-electron chi connectivity index (χ0n) is 17.5. The first-order valence-corrected chi connectivity index (χ1v) is 12.1. The largest absolute Gasteiger partial charge is 0.497 e. The smallest absolute Gasteiger partial charge is 0.304 e. The molecule has 6 nitrogen and oxygen atoms in total. The third-order valence-electron chi connectivity index (χ3n) is 5.51. The van der Waals surface area contributed by atoms with Crippen molar-refractivity contribution in [2.45, 2.75) is 65.1 Å². The van der Waals surface area contributed by atoms with Crippen molar-refractivity contribution in [2.24, 2.45) is 5.92 Å². The molecular formula is C20H31NO5Si. The molecule has 7 heteroatoms. The fourth-order valence-corrected chi connectivity index (χ4v) is 4.38. The van der Waals surface area contributed by atoms with Gasteiger partial charge in [0.05, 0.1) is 13.2 Å². The molecule has 27 heavy (non-hydrogen) atoms. The lowest BCUT2D eigenvalue weighted by Gasteiger charge is -2.50. The Kier molecular flexibility index (Phi) is 6.06. The second-order valence-corrected chi connectivity index (χ2v) is 13.3. The van der Waals surface area contributed by atoms with Crippen LogP contribution in [0.4, 0.5) is 5.69 Å². The van der Waals surface area contributed by atoms with Gasteiger partial charge in [-0.2, -0.15) is 0 Å². The molecule has 1 heterocycles. The first kappa shape index (κ1) is 21.4. The van der Waals surface area contributed by atoms with E-state index in [1.165, 1.54) is 11.8 Å². The van der Waals surface area contributed by atoms with Crippen LogP contribution in [-0.4, -0.2) is 39.6 Å². The third-order valence-corrected chi connectivity index (χ3v) is 10.1. The van der Waals surface area contributed by atoms with Gasteiger partial charge in [0, 0.05) is 12.6 Å². The van der Waals surface area contributed by atoms with Crippen LogP contribution in [0.3, 0.4) is 0 Å². The van der Waals surface area contributed by atoms with Gasteiger partial charge in [-0.3, -0.25) is 14.5 Å². The van der Waals surface area contributed by atoms with Crippen LogP contribution in [0, 0.1) is 5.92 Å². The maximum Gasteiger partial charge on any atom is 0.304 e. The second-order valence-electron chi connectivity index (χ2n) is 8.52. The number of rotatable bonds is 6. The topological polar surface area (TPSA) is 65.1 Å². The van der Waals surface area contributed by atoms with Crippen molar-refractivity contribution < 1.29 is 23.5 Å². The van der Waals surface area contributed by atoms with Crippen molar-refractivity contribution in [3.8, 4) is 5.75 Å². The summed E-state index contributed by atoms with van der Waals surface area (Å²) in [5, 5.41) is 0.0284. The zero-order chi connectivity index (χ0) is 20.6. The molecule has 3 atom stereocenters. The Morgan fingerprint density at radius 3 is 2.19 bits per heavy atom. The summed E-state index contributed by atoms with van der Waals surface area (Å²) < 4.78 is 17.0. The molecule has 0 bridgehead atoms. The predicted molar refractivity (Wildman–Crippen MR) is 107 cm³/mol. The highest BCUT2D eigenvalue weighted by Gasteiger charge is 2.55. The Labute approximate surface area is 162 Å². The van der Waals surface area contributed by atoms with Crippen LogP contribution in [0.25, 0.3) is 0 Å². The van der Waals surface area contributed by atoms with Gasteiger partial charge in [-0.05, 0) is 49.3 Å². The van der Waals surface area contributed by atoms with Gasteiger partial charge in [-0.25, -0.2) is 0 Å². The number of β-lactam (4-membered cyclic amide) rings is 1. The van der Waals surface area contributed by atoms with Gasteiger partial charge in [0.15, 0.2) is 14.5 Å². The van der Waals surface area contributed by atoms with Crippen molar-refractivity contribution in [3.05, 3.63) is 24.3 Å². The molecule has 2 rings (SSSR count). The molecule has 0 unspecified atom stereocenters. The van der Waals surface area contributed by atoms with E-state index in [1.54, 1.807) is 31.4 Å². The summed E-state index contributed by atoms with van der Waals surface area (Å²) in [6, 6.07) is 7.11. The van der Waals surface area contributed by atoms with E-state index in [0.717, 1.165) is 0 Å². The molecule has 1 fully saturated rings. The third kappa shape index (κ3) is 4.35. The minimum atomic E-state index is -2.05. The molecule has 0 N–H and O–H groups in total. The van der Waals surface area contributed by atoms with Crippen molar-refractivity contribution in [1.29, 1.82) is 0 Å². The predicted octanol–water partition coefficient (Wildman–Crippen LogP) is 3.96. The number of benzene rings is 1. The van der Waals surface area contributed by atoms with Crippen LogP contribution >= 0.6 is 0 Å². The molecule has 1 amide bonds. The summed E-state index contributed by atoms with van der Waals surface area (Å²) in [7, 11) is -0.469. The highest BCUT2D eigenvalue weighted by atomic mass is 28.4. The van der Waals surface area contributed by atoms with Crippen molar-refractivity contribution in [1.82, 2.24) is 0 Å². The van der Waals surface area contributed by atoms with Crippen LogP contribution in [0.15, 0.2) is 24.3 Å². The van der Waals surface area contributed by atoms with Crippen LogP contribution in [0.5, 0.6) is 5.75 Å². The van der Waals surface area contributed by atoms with Gasteiger partial charge in [-0.15, -0.1) is 0 Å². The lowest BCUT2D eigenvalue weighted by molar-refractivity contribution is -0.165. The standard InChI is InChI=1S/C20H31NO5Si/c1-13(26-27(7,8)20(3,4)5)17-18(23)21(19(17)25-14(2)22)15-9-11-16(24-6)12-10-15/h9-13,17,19H,1-8H3/t13-,17+,19+/m1/s1. The molecule has 1 aliphatic heterocycles. The average Bonchev–Trinajstić information content (AvgIpc) is 2.53. The first-order valence-electron chi connectivity index (χ1n) is 9.21. The number of methoxy groups -OCH3 is 1. The molecule has 0 radical (unpaired) electrons. The van der Waals surface area contributed by atoms with E-state index < -0.39 is 26.4 Å². The second kappa shape index (κ2) is 7.64. The Morgan fingerprint density at radius 1 is 1.19 bits per heavy atom. The number of nitrogens with zero attached hydrogens (tertiary/aromatic N) is 1. The van der Waals surface area contributed by atoms with E-state index in [1.807, 2.05) is 6.92 Å². The lowest BCUT2D eigenvalue weighted by Crippen LogP contribution is -2.67. The molecule has 1 aromatic rings. The molecule has 0 saturated carbocycles. The van der Waals surface area contributed by atoms with Crippen molar-refractivity contribution >= 4 is 25.9 Å². The maximum absolute atomic E-state index is 12.9. The Bertz CT molecular complexity index is 695.